The first kappa shape index (κ1) is 16.8. The van der Waals surface area contributed by atoms with E-state index in [0.717, 1.165) is 12.1 Å². The van der Waals surface area contributed by atoms with E-state index < -0.39 is 10.0 Å². The molecule has 2 N–H and O–H groups in total. The van der Waals surface area contributed by atoms with E-state index in [1.54, 1.807) is 19.1 Å². The van der Waals surface area contributed by atoms with Gasteiger partial charge in [-0.05, 0) is 44.5 Å². The maximum atomic E-state index is 11.5. The van der Waals surface area contributed by atoms with Crippen LogP contribution in [0.4, 0.5) is 11.4 Å². The fourth-order valence-electron chi connectivity index (χ4n) is 1.94. The molecular weight excluding hydrogens is 272 g/mol. The molecule has 0 radical (unpaired) electrons. The predicted octanol–water partition coefficient (Wildman–Crippen LogP) is 3.83. The molecular formula is C15H26N2O2S. The molecule has 0 saturated carbocycles. The molecule has 0 saturated heterocycles. The van der Waals surface area contributed by atoms with Gasteiger partial charge in [0, 0.05) is 17.4 Å². The summed E-state index contributed by atoms with van der Waals surface area (Å²) in [7, 11) is -3.19. The van der Waals surface area contributed by atoms with Gasteiger partial charge in [0.15, 0.2) is 0 Å². The van der Waals surface area contributed by atoms with Crippen molar-refractivity contribution >= 4 is 21.4 Å². The van der Waals surface area contributed by atoms with Gasteiger partial charge in [-0.25, -0.2) is 8.42 Å². The zero-order valence-electron chi connectivity index (χ0n) is 12.6. The molecule has 0 bridgehead atoms. The second kappa shape index (κ2) is 8.15. The standard InChI is InChI=1S/C15H26N2O2S/c1-4-6-7-8-13(3)16-14-9-11-15(12-10-14)17-20(18,19)5-2/h9-13,16-17H,4-8H2,1-3H3. The minimum Gasteiger partial charge on any atom is -0.383 e. The Bertz CT molecular complexity index is 483. The molecule has 114 valence electrons. The molecule has 1 rings (SSSR count). The fraction of sp³-hybridized carbons (Fsp3) is 0.600. The normalized spacial score (nSPS) is 12.9. The predicted molar refractivity (Wildman–Crippen MR) is 86.8 cm³/mol. The van der Waals surface area contributed by atoms with Crippen molar-refractivity contribution in [3.8, 4) is 0 Å². The molecule has 0 spiro atoms. The Hall–Kier alpha value is -1.23. The zero-order valence-corrected chi connectivity index (χ0v) is 13.5. The highest BCUT2D eigenvalue weighted by Gasteiger charge is 2.07. The highest BCUT2D eigenvalue weighted by molar-refractivity contribution is 7.92. The average Bonchev–Trinajstić information content (AvgIpc) is 2.41. The van der Waals surface area contributed by atoms with Crippen molar-refractivity contribution in [1.29, 1.82) is 0 Å². The second-order valence-electron chi connectivity index (χ2n) is 5.12. The molecule has 0 aliphatic heterocycles. The number of unbranched alkanes of at least 4 members (excludes halogenated alkanes) is 2. The quantitative estimate of drug-likeness (QED) is 0.681. The van der Waals surface area contributed by atoms with Crippen molar-refractivity contribution < 1.29 is 8.42 Å². The lowest BCUT2D eigenvalue weighted by Gasteiger charge is -2.15. The number of benzene rings is 1. The van der Waals surface area contributed by atoms with Gasteiger partial charge in [-0.2, -0.15) is 0 Å². The van der Waals surface area contributed by atoms with Crippen LogP contribution in [0.3, 0.4) is 0 Å². The summed E-state index contributed by atoms with van der Waals surface area (Å²) in [6.07, 6.45) is 4.89. The van der Waals surface area contributed by atoms with Crippen LogP contribution in [0.5, 0.6) is 0 Å². The van der Waals surface area contributed by atoms with Crippen molar-refractivity contribution in [2.75, 3.05) is 15.8 Å². The Labute approximate surface area is 123 Å². The van der Waals surface area contributed by atoms with Crippen LogP contribution in [0.2, 0.25) is 0 Å². The van der Waals surface area contributed by atoms with Gasteiger partial charge >= 0.3 is 0 Å². The molecule has 20 heavy (non-hydrogen) atoms. The van der Waals surface area contributed by atoms with Crippen molar-refractivity contribution in [3.05, 3.63) is 24.3 Å². The van der Waals surface area contributed by atoms with Crippen LogP contribution >= 0.6 is 0 Å². The fourth-order valence-corrected chi connectivity index (χ4v) is 2.58. The lowest BCUT2D eigenvalue weighted by molar-refractivity contribution is 0.602. The van der Waals surface area contributed by atoms with Crippen LogP contribution in [0.25, 0.3) is 0 Å². The smallest absolute Gasteiger partial charge is 0.232 e. The minimum atomic E-state index is -3.19. The number of anilines is 2. The third-order valence-corrected chi connectivity index (χ3v) is 4.50. The van der Waals surface area contributed by atoms with Crippen molar-refractivity contribution in [2.45, 2.75) is 52.5 Å². The van der Waals surface area contributed by atoms with E-state index in [1.807, 2.05) is 12.1 Å². The first-order valence-electron chi connectivity index (χ1n) is 7.34. The summed E-state index contributed by atoms with van der Waals surface area (Å²) >= 11 is 0. The van der Waals surface area contributed by atoms with Gasteiger partial charge in [-0.3, -0.25) is 4.72 Å². The summed E-state index contributed by atoms with van der Waals surface area (Å²) in [5, 5.41) is 3.43. The largest absolute Gasteiger partial charge is 0.383 e. The Morgan fingerprint density at radius 2 is 1.65 bits per heavy atom. The number of hydrogen-bond acceptors (Lipinski definition) is 3. The summed E-state index contributed by atoms with van der Waals surface area (Å²) in [6.45, 7) is 5.99. The van der Waals surface area contributed by atoms with E-state index in [9.17, 15) is 8.42 Å². The molecule has 4 nitrogen and oxygen atoms in total. The van der Waals surface area contributed by atoms with Crippen LogP contribution in [-0.4, -0.2) is 20.2 Å². The SMILES string of the molecule is CCCCCC(C)Nc1ccc(NS(=O)(=O)CC)cc1. The molecule has 0 amide bonds. The average molecular weight is 298 g/mol. The Balaban J connectivity index is 2.50. The summed E-state index contributed by atoms with van der Waals surface area (Å²) in [5.74, 6) is 0.0848. The van der Waals surface area contributed by atoms with E-state index in [1.165, 1.54) is 19.3 Å². The first-order valence-corrected chi connectivity index (χ1v) is 8.99. The van der Waals surface area contributed by atoms with Gasteiger partial charge < -0.3 is 5.32 Å². The molecule has 0 heterocycles. The van der Waals surface area contributed by atoms with Crippen molar-refractivity contribution in [2.24, 2.45) is 0 Å². The lowest BCUT2D eigenvalue weighted by atomic mass is 10.1. The van der Waals surface area contributed by atoms with Crippen LogP contribution in [0.15, 0.2) is 24.3 Å². The van der Waals surface area contributed by atoms with Gasteiger partial charge in [0.05, 0.1) is 5.75 Å². The van der Waals surface area contributed by atoms with Gasteiger partial charge in [-0.1, -0.05) is 26.2 Å². The van der Waals surface area contributed by atoms with E-state index in [4.69, 9.17) is 0 Å². The Kier molecular flexibility index (Phi) is 6.85. The number of sulfonamides is 1. The molecule has 0 aromatic heterocycles. The number of hydrogen-bond donors (Lipinski definition) is 2. The summed E-state index contributed by atoms with van der Waals surface area (Å²) in [4.78, 5) is 0. The van der Waals surface area contributed by atoms with E-state index >= 15 is 0 Å². The maximum absolute atomic E-state index is 11.5. The maximum Gasteiger partial charge on any atom is 0.232 e. The lowest BCUT2D eigenvalue weighted by Crippen LogP contribution is -2.16. The van der Waals surface area contributed by atoms with Crippen molar-refractivity contribution in [3.63, 3.8) is 0 Å². The molecule has 0 fully saturated rings. The van der Waals surface area contributed by atoms with Crippen LogP contribution in [0.1, 0.15) is 46.5 Å². The van der Waals surface area contributed by atoms with Crippen LogP contribution in [0, 0.1) is 0 Å². The third kappa shape index (κ3) is 6.28. The summed E-state index contributed by atoms with van der Waals surface area (Å²) in [5.41, 5.74) is 1.63. The molecule has 1 aromatic rings. The monoisotopic (exact) mass is 298 g/mol. The van der Waals surface area contributed by atoms with Crippen LogP contribution in [-0.2, 0) is 10.0 Å². The Morgan fingerprint density at radius 1 is 1.05 bits per heavy atom. The Morgan fingerprint density at radius 3 is 2.20 bits per heavy atom. The molecule has 1 atom stereocenters. The van der Waals surface area contributed by atoms with E-state index in [2.05, 4.69) is 23.9 Å². The van der Waals surface area contributed by atoms with Crippen LogP contribution < -0.4 is 10.0 Å². The highest BCUT2D eigenvalue weighted by atomic mass is 32.2. The number of rotatable bonds is 9. The minimum absolute atomic E-state index is 0.0848. The molecule has 1 unspecified atom stereocenters. The molecule has 1 aromatic carbocycles. The highest BCUT2D eigenvalue weighted by Crippen LogP contribution is 2.17. The van der Waals surface area contributed by atoms with Gasteiger partial charge in [0.25, 0.3) is 0 Å². The summed E-state index contributed by atoms with van der Waals surface area (Å²) in [6, 6.07) is 7.82. The zero-order chi connectivity index (χ0) is 15.0. The first-order chi connectivity index (χ1) is 9.46. The second-order valence-corrected chi connectivity index (χ2v) is 7.13. The summed E-state index contributed by atoms with van der Waals surface area (Å²) < 4.78 is 25.4. The molecule has 0 aliphatic carbocycles. The molecule has 0 aliphatic rings. The van der Waals surface area contributed by atoms with E-state index in [-0.39, 0.29) is 5.75 Å². The third-order valence-electron chi connectivity index (χ3n) is 3.19. The van der Waals surface area contributed by atoms with Crippen molar-refractivity contribution in [1.82, 2.24) is 0 Å². The van der Waals surface area contributed by atoms with E-state index in [0.29, 0.717) is 11.7 Å². The van der Waals surface area contributed by atoms with Gasteiger partial charge in [0.1, 0.15) is 0 Å². The molecule has 5 heteroatoms. The number of nitrogens with one attached hydrogen (secondary N) is 2. The van der Waals surface area contributed by atoms with Gasteiger partial charge in [0.2, 0.25) is 10.0 Å². The topological polar surface area (TPSA) is 58.2 Å². The van der Waals surface area contributed by atoms with Gasteiger partial charge in [-0.15, -0.1) is 0 Å².